The van der Waals surface area contributed by atoms with Crippen LogP contribution in [-0.2, 0) is 6.42 Å². The molecule has 2 aromatic rings. The van der Waals surface area contributed by atoms with Crippen LogP contribution >= 0.6 is 11.8 Å². The first-order chi connectivity index (χ1) is 10.3. The van der Waals surface area contributed by atoms with Crippen molar-refractivity contribution in [1.82, 2.24) is 5.32 Å². The summed E-state index contributed by atoms with van der Waals surface area (Å²) in [6.45, 7) is 0. The van der Waals surface area contributed by atoms with Gasteiger partial charge in [0.05, 0.1) is 0 Å². The lowest BCUT2D eigenvalue weighted by Crippen LogP contribution is -2.32. The van der Waals surface area contributed by atoms with E-state index in [1.807, 2.05) is 13.1 Å². The standard InChI is InChI=1S/C18H20FNS/c1-20-16(12-21-17-7-4-6-15(19)11-17)10-14-9-13-5-2-3-8-18(13)14/h2-8,11,14,16,20H,9-10,12H2,1H3. The van der Waals surface area contributed by atoms with Gasteiger partial charge in [-0.1, -0.05) is 30.3 Å². The molecule has 0 saturated carbocycles. The Morgan fingerprint density at radius 2 is 2.10 bits per heavy atom. The maximum absolute atomic E-state index is 13.2. The molecule has 0 spiro atoms. The Labute approximate surface area is 130 Å². The Morgan fingerprint density at radius 1 is 1.24 bits per heavy atom. The average molecular weight is 301 g/mol. The quantitative estimate of drug-likeness (QED) is 0.801. The molecule has 2 atom stereocenters. The van der Waals surface area contributed by atoms with Crippen molar-refractivity contribution in [2.45, 2.75) is 29.7 Å². The molecule has 110 valence electrons. The molecule has 0 amide bonds. The van der Waals surface area contributed by atoms with Crippen LogP contribution in [0.5, 0.6) is 0 Å². The fourth-order valence-electron chi connectivity index (χ4n) is 2.94. The van der Waals surface area contributed by atoms with Gasteiger partial charge < -0.3 is 5.32 Å². The minimum atomic E-state index is -0.158. The van der Waals surface area contributed by atoms with Gasteiger partial charge in [0.1, 0.15) is 5.82 Å². The molecule has 1 nitrogen and oxygen atoms in total. The molecule has 3 heteroatoms. The number of halogens is 1. The molecule has 0 aromatic heterocycles. The van der Waals surface area contributed by atoms with E-state index in [0.29, 0.717) is 12.0 Å². The molecule has 0 fully saturated rings. The minimum Gasteiger partial charge on any atom is -0.316 e. The third-order valence-corrected chi connectivity index (χ3v) is 5.34. The molecular weight excluding hydrogens is 281 g/mol. The van der Waals surface area contributed by atoms with Crippen molar-refractivity contribution in [3.05, 3.63) is 65.5 Å². The van der Waals surface area contributed by atoms with Crippen LogP contribution in [0.15, 0.2) is 53.4 Å². The van der Waals surface area contributed by atoms with Gasteiger partial charge in [0, 0.05) is 16.7 Å². The summed E-state index contributed by atoms with van der Waals surface area (Å²) in [7, 11) is 2.02. The Hall–Kier alpha value is -1.32. The van der Waals surface area contributed by atoms with Crippen molar-refractivity contribution in [3.63, 3.8) is 0 Å². The van der Waals surface area contributed by atoms with Gasteiger partial charge >= 0.3 is 0 Å². The van der Waals surface area contributed by atoms with Crippen LogP contribution in [0.3, 0.4) is 0 Å². The highest BCUT2D eigenvalue weighted by Gasteiger charge is 2.27. The SMILES string of the molecule is CNC(CSc1cccc(F)c1)CC1Cc2ccccc21. The van der Waals surface area contributed by atoms with Gasteiger partial charge in [-0.3, -0.25) is 0 Å². The van der Waals surface area contributed by atoms with Gasteiger partial charge in [0.15, 0.2) is 0 Å². The van der Waals surface area contributed by atoms with Crippen LogP contribution < -0.4 is 5.32 Å². The molecule has 2 aromatic carbocycles. The molecular formula is C18H20FNS. The van der Waals surface area contributed by atoms with E-state index in [1.54, 1.807) is 23.9 Å². The highest BCUT2D eigenvalue weighted by Crippen LogP contribution is 2.38. The van der Waals surface area contributed by atoms with E-state index in [4.69, 9.17) is 0 Å². The molecule has 1 N–H and O–H groups in total. The lowest BCUT2D eigenvalue weighted by molar-refractivity contribution is 0.468. The molecule has 0 saturated heterocycles. The fraction of sp³-hybridized carbons (Fsp3) is 0.333. The molecule has 21 heavy (non-hydrogen) atoms. The first-order valence-electron chi connectivity index (χ1n) is 7.39. The van der Waals surface area contributed by atoms with Gasteiger partial charge in [0.25, 0.3) is 0 Å². The summed E-state index contributed by atoms with van der Waals surface area (Å²) in [5.74, 6) is 1.49. The third kappa shape index (κ3) is 3.47. The van der Waals surface area contributed by atoms with E-state index in [2.05, 4.69) is 29.6 Å². The van der Waals surface area contributed by atoms with Crippen LogP contribution in [-0.4, -0.2) is 18.8 Å². The number of thioether (sulfide) groups is 1. The van der Waals surface area contributed by atoms with Gasteiger partial charge in [-0.05, 0) is 55.1 Å². The zero-order chi connectivity index (χ0) is 14.7. The van der Waals surface area contributed by atoms with E-state index in [0.717, 1.165) is 17.1 Å². The number of nitrogens with one attached hydrogen (secondary N) is 1. The summed E-state index contributed by atoms with van der Waals surface area (Å²) in [5.41, 5.74) is 3.00. The van der Waals surface area contributed by atoms with E-state index in [-0.39, 0.29) is 5.82 Å². The van der Waals surface area contributed by atoms with E-state index in [1.165, 1.54) is 23.6 Å². The molecule has 1 aliphatic carbocycles. The maximum atomic E-state index is 13.2. The van der Waals surface area contributed by atoms with Gasteiger partial charge in [-0.25, -0.2) is 4.39 Å². The van der Waals surface area contributed by atoms with E-state index in [9.17, 15) is 4.39 Å². The van der Waals surface area contributed by atoms with Crippen molar-refractivity contribution in [3.8, 4) is 0 Å². The second-order valence-corrected chi connectivity index (χ2v) is 6.68. The summed E-state index contributed by atoms with van der Waals surface area (Å²) in [4.78, 5) is 1.00. The van der Waals surface area contributed by atoms with Gasteiger partial charge in [-0.15, -0.1) is 11.8 Å². The molecule has 2 unspecified atom stereocenters. The zero-order valence-electron chi connectivity index (χ0n) is 12.2. The van der Waals surface area contributed by atoms with Crippen molar-refractivity contribution in [1.29, 1.82) is 0 Å². The number of benzene rings is 2. The first kappa shape index (κ1) is 14.6. The van der Waals surface area contributed by atoms with E-state index >= 15 is 0 Å². The lowest BCUT2D eigenvalue weighted by Gasteiger charge is -2.33. The van der Waals surface area contributed by atoms with Gasteiger partial charge in [0.2, 0.25) is 0 Å². The highest BCUT2D eigenvalue weighted by atomic mass is 32.2. The average Bonchev–Trinajstić information content (AvgIpc) is 2.48. The number of rotatable bonds is 6. The van der Waals surface area contributed by atoms with Crippen LogP contribution in [0.1, 0.15) is 23.5 Å². The number of hydrogen-bond acceptors (Lipinski definition) is 2. The summed E-state index contributed by atoms with van der Waals surface area (Å²) >= 11 is 1.72. The molecule has 0 radical (unpaired) electrons. The predicted octanol–water partition coefficient (Wildman–Crippen LogP) is 4.24. The largest absolute Gasteiger partial charge is 0.316 e. The van der Waals surface area contributed by atoms with Crippen molar-refractivity contribution >= 4 is 11.8 Å². The summed E-state index contributed by atoms with van der Waals surface area (Å²) in [5, 5.41) is 3.40. The molecule has 3 rings (SSSR count). The maximum Gasteiger partial charge on any atom is 0.124 e. The smallest absolute Gasteiger partial charge is 0.124 e. The second kappa shape index (κ2) is 6.63. The molecule has 1 aliphatic rings. The number of fused-ring (bicyclic) bond motifs is 1. The third-order valence-electron chi connectivity index (χ3n) is 4.19. The number of hydrogen-bond donors (Lipinski definition) is 1. The Bertz CT molecular complexity index is 614. The predicted molar refractivity (Wildman–Crippen MR) is 87.5 cm³/mol. The second-order valence-electron chi connectivity index (χ2n) is 5.59. The summed E-state index contributed by atoms with van der Waals surface area (Å²) < 4.78 is 13.2. The van der Waals surface area contributed by atoms with Crippen molar-refractivity contribution in [2.75, 3.05) is 12.8 Å². The van der Waals surface area contributed by atoms with Crippen LogP contribution in [0.2, 0.25) is 0 Å². The topological polar surface area (TPSA) is 12.0 Å². The first-order valence-corrected chi connectivity index (χ1v) is 8.38. The van der Waals surface area contributed by atoms with E-state index < -0.39 is 0 Å². The van der Waals surface area contributed by atoms with Crippen molar-refractivity contribution < 1.29 is 4.39 Å². The lowest BCUT2D eigenvalue weighted by atomic mass is 9.74. The Kier molecular flexibility index (Phi) is 4.61. The summed E-state index contributed by atoms with van der Waals surface area (Å²) in [6.07, 6.45) is 2.34. The molecule has 0 heterocycles. The van der Waals surface area contributed by atoms with Crippen molar-refractivity contribution in [2.24, 2.45) is 0 Å². The Balaban J connectivity index is 1.55. The highest BCUT2D eigenvalue weighted by molar-refractivity contribution is 7.99. The fourth-order valence-corrected chi connectivity index (χ4v) is 4.01. The molecule has 0 bridgehead atoms. The van der Waals surface area contributed by atoms with Gasteiger partial charge in [-0.2, -0.15) is 0 Å². The van der Waals surface area contributed by atoms with Crippen LogP contribution in [0, 0.1) is 5.82 Å². The molecule has 0 aliphatic heterocycles. The van der Waals surface area contributed by atoms with Crippen LogP contribution in [0.4, 0.5) is 4.39 Å². The monoisotopic (exact) mass is 301 g/mol. The van der Waals surface area contributed by atoms with Crippen LogP contribution in [0.25, 0.3) is 0 Å². The normalized spacial score (nSPS) is 17.9. The minimum absolute atomic E-state index is 0.158. The summed E-state index contributed by atoms with van der Waals surface area (Å²) in [6, 6.07) is 16.0. The zero-order valence-corrected chi connectivity index (χ0v) is 13.0. The Morgan fingerprint density at radius 3 is 2.86 bits per heavy atom.